The van der Waals surface area contributed by atoms with E-state index in [4.69, 9.17) is 0 Å². The van der Waals surface area contributed by atoms with Crippen molar-refractivity contribution in [3.63, 3.8) is 0 Å². The Hall–Kier alpha value is -2.96. The lowest BCUT2D eigenvalue weighted by Crippen LogP contribution is -2.41. The van der Waals surface area contributed by atoms with Gasteiger partial charge in [0.25, 0.3) is 0 Å². The maximum Gasteiger partial charge on any atom is 0.219 e. The Morgan fingerprint density at radius 3 is 2.50 bits per heavy atom. The molecule has 30 heavy (non-hydrogen) atoms. The zero-order valence-electron chi connectivity index (χ0n) is 16.3. The van der Waals surface area contributed by atoms with E-state index in [0.717, 1.165) is 22.0 Å². The van der Waals surface area contributed by atoms with Crippen LogP contribution in [0.1, 0.15) is 28.3 Å². The van der Waals surface area contributed by atoms with Crippen molar-refractivity contribution in [3.05, 3.63) is 107 Å². The Balaban J connectivity index is 1.62. The van der Waals surface area contributed by atoms with Crippen molar-refractivity contribution < 1.29 is 12.8 Å². The lowest BCUT2D eigenvalue weighted by Gasteiger charge is -2.36. The number of hydrogen-bond acceptors (Lipinski definition) is 2. The van der Waals surface area contributed by atoms with Crippen LogP contribution in [0.3, 0.4) is 0 Å². The molecule has 0 amide bonds. The molecule has 1 aromatic heterocycles. The molecule has 0 radical (unpaired) electrons. The van der Waals surface area contributed by atoms with E-state index < -0.39 is 16.1 Å². The lowest BCUT2D eigenvalue weighted by molar-refractivity contribution is 0.345. The number of aromatic amines is 1. The van der Waals surface area contributed by atoms with E-state index >= 15 is 0 Å². The van der Waals surface area contributed by atoms with Crippen molar-refractivity contribution in [1.29, 1.82) is 0 Å². The fourth-order valence-corrected chi connectivity index (χ4v) is 6.06. The second-order valence-electron chi connectivity index (χ2n) is 7.63. The molecule has 0 fully saturated rings. The van der Waals surface area contributed by atoms with Crippen molar-refractivity contribution >= 4 is 20.9 Å². The number of benzene rings is 3. The van der Waals surface area contributed by atoms with Gasteiger partial charge in [0.1, 0.15) is 5.82 Å². The van der Waals surface area contributed by atoms with Crippen LogP contribution in [0, 0.1) is 5.82 Å². The number of nitrogens with zero attached hydrogens (tertiary/aromatic N) is 1. The van der Waals surface area contributed by atoms with Crippen LogP contribution in [-0.4, -0.2) is 24.3 Å². The van der Waals surface area contributed by atoms with Crippen LogP contribution < -0.4 is 0 Å². The van der Waals surface area contributed by atoms with Gasteiger partial charge in [-0.1, -0.05) is 54.6 Å². The molecule has 0 spiro atoms. The molecule has 3 aromatic carbocycles. The largest absolute Gasteiger partial charge is 0.361 e. The summed E-state index contributed by atoms with van der Waals surface area (Å²) in [6.07, 6.45) is 2.58. The molecule has 6 heteroatoms. The number of fused-ring (bicyclic) bond motifs is 2. The van der Waals surface area contributed by atoms with Gasteiger partial charge in [0.15, 0.2) is 0 Å². The SMILES string of the molecule is O=S(=O)(Cc1ccc(F)cc1)N1CCc2ccccc2[C@H]1c1c[nH]c2ccccc12. The van der Waals surface area contributed by atoms with Crippen molar-refractivity contribution in [3.8, 4) is 0 Å². The van der Waals surface area contributed by atoms with Gasteiger partial charge < -0.3 is 4.98 Å². The van der Waals surface area contributed by atoms with Gasteiger partial charge in [-0.25, -0.2) is 12.8 Å². The maximum atomic E-state index is 13.5. The number of nitrogens with one attached hydrogen (secondary N) is 1. The third-order valence-electron chi connectivity index (χ3n) is 5.77. The molecule has 1 aliphatic heterocycles. The second-order valence-corrected chi connectivity index (χ2v) is 9.56. The summed E-state index contributed by atoms with van der Waals surface area (Å²) in [6, 6.07) is 21.2. The molecule has 0 saturated heterocycles. The normalized spacial score (nSPS) is 17.2. The summed E-state index contributed by atoms with van der Waals surface area (Å²) in [6.45, 7) is 0.407. The minimum atomic E-state index is -3.64. The molecule has 1 N–H and O–H groups in total. The third kappa shape index (κ3) is 3.32. The van der Waals surface area contributed by atoms with Gasteiger partial charge >= 0.3 is 0 Å². The Labute approximate surface area is 175 Å². The van der Waals surface area contributed by atoms with Gasteiger partial charge in [-0.05, 0) is 41.3 Å². The number of rotatable bonds is 4. The predicted octanol–water partition coefficient (Wildman–Crippen LogP) is 4.78. The van der Waals surface area contributed by atoms with Crippen LogP contribution in [0.25, 0.3) is 10.9 Å². The highest BCUT2D eigenvalue weighted by Crippen LogP contribution is 2.40. The van der Waals surface area contributed by atoms with Gasteiger partial charge in [0.05, 0.1) is 11.8 Å². The van der Waals surface area contributed by atoms with Gasteiger partial charge in [0.2, 0.25) is 10.0 Å². The van der Waals surface area contributed by atoms with E-state index in [1.165, 1.54) is 29.8 Å². The monoisotopic (exact) mass is 420 g/mol. The van der Waals surface area contributed by atoms with Crippen molar-refractivity contribution in [2.75, 3.05) is 6.54 Å². The van der Waals surface area contributed by atoms with E-state index in [-0.39, 0.29) is 11.6 Å². The fourth-order valence-electron chi connectivity index (χ4n) is 4.36. The third-order valence-corrected chi connectivity index (χ3v) is 7.58. The predicted molar refractivity (Wildman–Crippen MR) is 116 cm³/mol. The summed E-state index contributed by atoms with van der Waals surface area (Å²) < 4.78 is 41.9. The summed E-state index contributed by atoms with van der Waals surface area (Å²) in [7, 11) is -3.64. The fraction of sp³-hybridized carbons (Fsp3) is 0.167. The maximum absolute atomic E-state index is 13.5. The first-order valence-corrected chi connectivity index (χ1v) is 11.5. The highest BCUT2D eigenvalue weighted by atomic mass is 32.2. The molecule has 1 atom stereocenters. The number of para-hydroxylation sites is 1. The molecule has 152 valence electrons. The Morgan fingerprint density at radius 1 is 0.933 bits per heavy atom. The first-order valence-electron chi connectivity index (χ1n) is 9.91. The molecule has 0 unspecified atom stereocenters. The topological polar surface area (TPSA) is 53.2 Å². The molecule has 0 saturated carbocycles. The quantitative estimate of drug-likeness (QED) is 0.516. The van der Waals surface area contributed by atoms with Crippen LogP contribution in [-0.2, 0) is 22.2 Å². The minimum absolute atomic E-state index is 0.158. The average molecular weight is 421 g/mol. The van der Waals surface area contributed by atoms with Crippen molar-refractivity contribution in [1.82, 2.24) is 9.29 Å². The first kappa shape index (κ1) is 19.0. The zero-order chi connectivity index (χ0) is 20.7. The summed E-state index contributed by atoms with van der Waals surface area (Å²) in [4.78, 5) is 3.28. The molecule has 4 nitrogen and oxygen atoms in total. The molecule has 4 aromatic rings. The lowest BCUT2D eigenvalue weighted by atomic mass is 9.90. The van der Waals surface area contributed by atoms with Gasteiger partial charge in [-0.3, -0.25) is 0 Å². The number of hydrogen-bond donors (Lipinski definition) is 1. The van der Waals surface area contributed by atoms with Crippen molar-refractivity contribution in [2.24, 2.45) is 0 Å². The summed E-state index contributed by atoms with van der Waals surface area (Å²) in [5.74, 6) is -0.534. The van der Waals surface area contributed by atoms with E-state index in [9.17, 15) is 12.8 Å². The minimum Gasteiger partial charge on any atom is -0.361 e. The number of sulfonamides is 1. The molecular weight excluding hydrogens is 399 g/mol. The highest BCUT2D eigenvalue weighted by Gasteiger charge is 2.37. The first-order chi connectivity index (χ1) is 14.5. The van der Waals surface area contributed by atoms with Crippen LogP contribution in [0.2, 0.25) is 0 Å². The van der Waals surface area contributed by atoms with Crippen molar-refractivity contribution in [2.45, 2.75) is 18.2 Å². The smallest absolute Gasteiger partial charge is 0.219 e. The molecular formula is C24H21FN2O2S. The summed E-state index contributed by atoms with van der Waals surface area (Å²) >= 11 is 0. The van der Waals surface area contributed by atoms with E-state index in [0.29, 0.717) is 18.5 Å². The average Bonchev–Trinajstić information content (AvgIpc) is 3.18. The number of H-pyrrole nitrogens is 1. The van der Waals surface area contributed by atoms with Crippen LogP contribution in [0.5, 0.6) is 0 Å². The zero-order valence-corrected chi connectivity index (χ0v) is 17.1. The summed E-state index contributed by atoms with van der Waals surface area (Å²) in [5.41, 5.74) is 4.68. The molecule has 0 aliphatic carbocycles. The van der Waals surface area contributed by atoms with E-state index in [1.54, 1.807) is 4.31 Å². The number of aromatic nitrogens is 1. The van der Waals surface area contributed by atoms with Gasteiger partial charge in [-0.15, -0.1) is 0 Å². The summed E-state index contributed by atoms with van der Waals surface area (Å²) in [5, 5.41) is 1.01. The van der Waals surface area contributed by atoms with Gasteiger partial charge in [-0.2, -0.15) is 4.31 Å². The number of halogens is 1. The molecule has 1 aliphatic rings. The van der Waals surface area contributed by atoms with Crippen LogP contribution >= 0.6 is 0 Å². The van der Waals surface area contributed by atoms with Crippen LogP contribution in [0.4, 0.5) is 4.39 Å². The van der Waals surface area contributed by atoms with Gasteiger partial charge in [0, 0.05) is 29.2 Å². The van der Waals surface area contributed by atoms with E-state index in [2.05, 4.69) is 11.1 Å². The standard InChI is InChI=1S/C24H21FN2O2S/c25-19-11-9-17(10-12-19)16-30(28,29)27-14-13-18-5-1-2-6-20(18)24(27)22-15-26-23-8-4-3-7-21(22)23/h1-12,15,24,26H,13-14,16H2/t24-/m0/s1. The van der Waals surface area contributed by atoms with Crippen LogP contribution in [0.15, 0.2) is 79.0 Å². The highest BCUT2D eigenvalue weighted by molar-refractivity contribution is 7.88. The molecule has 5 rings (SSSR count). The molecule has 0 bridgehead atoms. The molecule has 2 heterocycles. The Bertz CT molecular complexity index is 1310. The Morgan fingerprint density at radius 2 is 1.67 bits per heavy atom. The van der Waals surface area contributed by atoms with E-state index in [1.807, 2.05) is 48.7 Å². The Kier molecular flexibility index (Phi) is 4.68. The second kappa shape index (κ2) is 7.38.